The number of rotatable bonds is 6. The predicted octanol–water partition coefficient (Wildman–Crippen LogP) is 4.94. The normalized spacial score (nSPS) is 14.1. The predicted molar refractivity (Wildman–Crippen MR) is 139 cm³/mol. The third-order valence-corrected chi connectivity index (χ3v) is 7.34. The summed E-state index contributed by atoms with van der Waals surface area (Å²) in [7, 11) is 1.62. The number of hydrogen-bond donors (Lipinski definition) is 1. The number of nitrogens with zero attached hydrogens (tertiary/aromatic N) is 2. The molecule has 178 valence electrons. The number of para-hydroxylation sites is 2. The van der Waals surface area contributed by atoms with Crippen LogP contribution in [-0.2, 0) is 11.2 Å². The van der Waals surface area contributed by atoms with Crippen LogP contribution in [0.1, 0.15) is 28.8 Å². The molecule has 0 aliphatic carbocycles. The van der Waals surface area contributed by atoms with E-state index in [2.05, 4.69) is 5.32 Å². The molecule has 0 radical (unpaired) electrons. The quantitative estimate of drug-likeness (QED) is 0.420. The van der Waals surface area contributed by atoms with E-state index in [1.165, 1.54) is 0 Å². The maximum absolute atomic E-state index is 13.3. The molecule has 6 nitrogen and oxygen atoms in total. The molecule has 2 aromatic carbocycles. The number of nitrogens with one attached hydrogen (secondary N) is 1. The fourth-order valence-corrected chi connectivity index (χ4v) is 5.26. The number of fused-ring (bicyclic) bond motifs is 1. The summed E-state index contributed by atoms with van der Waals surface area (Å²) in [6, 6.07) is 21.3. The van der Waals surface area contributed by atoms with Gasteiger partial charge in [-0.05, 0) is 42.5 Å². The number of carbonyl (C=O) groups is 2. The van der Waals surface area contributed by atoms with Gasteiger partial charge in [-0.2, -0.15) is 0 Å². The van der Waals surface area contributed by atoms with Crippen LogP contribution in [0.25, 0.3) is 21.5 Å². The van der Waals surface area contributed by atoms with Gasteiger partial charge in [-0.15, -0.1) is 11.3 Å². The first-order chi connectivity index (χ1) is 17.1. The van der Waals surface area contributed by atoms with Gasteiger partial charge in [0.05, 0.1) is 35.2 Å². The number of hydrogen-bond acceptors (Lipinski definition) is 5. The number of benzene rings is 2. The second kappa shape index (κ2) is 10.3. The highest BCUT2D eigenvalue weighted by atomic mass is 32.1. The van der Waals surface area contributed by atoms with Crippen molar-refractivity contribution in [3.05, 3.63) is 83.2 Å². The molecule has 4 aromatic rings. The molecule has 0 atom stereocenters. The first kappa shape index (κ1) is 23.1. The van der Waals surface area contributed by atoms with E-state index in [-0.39, 0.29) is 17.9 Å². The zero-order valence-corrected chi connectivity index (χ0v) is 20.4. The maximum Gasteiger partial charge on any atom is 0.252 e. The molecular weight excluding hydrogens is 458 g/mol. The van der Waals surface area contributed by atoms with E-state index in [1.807, 2.05) is 77.0 Å². The summed E-state index contributed by atoms with van der Waals surface area (Å²) in [6.07, 6.45) is 1.77. The standard InChI is InChI=1S/C28H27N3O3S/c1-34-25-10-5-2-7-19(25)17-27(32)31-14-12-20(13-15-31)29-28(33)22-18-24(26-11-6-16-35-26)30-23-9-4-3-8-21(22)23/h2-11,16,18,20H,12-15,17H2,1H3,(H,29,33). The second-order valence-electron chi connectivity index (χ2n) is 8.67. The van der Waals surface area contributed by atoms with E-state index in [0.29, 0.717) is 25.1 Å². The van der Waals surface area contributed by atoms with Crippen molar-refractivity contribution in [1.29, 1.82) is 0 Å². The maximum atomic E-state index is 13.3. The molecule has 2 amide bonds. The number of pyridine rings is 1. The summed E-state index contributed by atoms with van der Waals surface area (Å²) in [5.41, 5.74) is 3.14. The van der Waals surface area contributed by atoms with E-state index in [1.54, 1.807) is 18.4 Å². The first-order valence-corrected chi connectivity index (χ1v) is 12.6. The number of carbonyl (C=O) groups excluding carboxylic acids is 2. The van der Waals surface area contributed by atoms with Crippen LogP contribution in [0.5, 0.6) is 5.75 Å². The van der Waals surface area contributed by atoms with Gasteiger partial charge in [0.2, 0.25) is 5.91 Å². The molecule has 7 heteroatoms. The van der Waals surface area contributed by atoms with Crippen molar-refractivity contribution in [3.63, 3.8) is 0 Å². The molecule has 0 bridgehead atoms. The van der Waals surface area contributed by atoms with Crippen molar-refractivity contribution in [2.45, 2.75) is 25.3 Å². The SMILES string of the molecule is COc1ccccc1CC(=O)N1CCC(NC(=O)c2cc(-c3cccs3)nc3ccccc23)CC1. The van der Waals surface area contributed by atoms with Crippen LogP contribution in [0.15, 0.2) is 72.1 Å². The lowest BCUT2D eigenvalue weighted by atomic mass is 10.0. The zero-order valence-electron chi connectivity index (χ0n) is 19.6. The lowest BCUT2D eigenvalue weighted by molar-refractivity contribution is -0.131. The van der Waals surface area contributed by atoms with Crippen molar-refractivity contribution in [1.82, 2.24) is 15.2 Å². The molecular formula is C28H27N3O3S. The fraction of sp³-hybridized carbons (Fsp3) is 0.250. The summed E-state index contributed by atoms with van der Waals surface area (Å²) < 4.78 is 5.38. The Morgan fingerprint density at radius 2 is 1.83 bits per heavy atom. The Kier molecular flexibility index (Phi) is 6.77. The van der Waals surface area contributed by atoms with Gasteiger partial charge in [0.1, 0.15) is 5.75 Å². The second-order valence-corrected chi connectivity index (χ2v) is 9.61. The van der Waals surface area contributed by atoms with Crippen molar-refractivity contribution in [2.24, 2.45) is 0 Å². The van der Waals surface area contributed by atoms with Gasteiger partial charge in [-0.25, -0.2) is 4.98 Å². The molecule has 1 saturated heterocycles. The molecule has 35 heavy (non-hydrogen) atoms. The monoisotopic (exact) mass is 485 g/mol. The Hall–Kier alpha value is -3.71. The molecule has 3 heterocycles. The van der Waals surface area contributed by atoms with E-state index >= 15 is 0 Å². The van der Waals surface area contributed by atoms with Crippen LogP contribution in [0.3, 0.4) is 0 Å². The minimum Gasteiger partial charge on any atom is -0.496 e. The Morgan fingerprint density at radius 1 is 1.06 bits per heavy atom. The van der Waals surface area contributed by atoms with Gasteiger partial charge < -0.3 is 15.0 Å². The van der Waals surface area contributed by atoms with Crippen LogP contribution in [0.4, 0.5) is 0 Å². The summed E-state index contributed by atoms with van der Waals surface area (Å²) in [6.45, 7) is 1.24. The van der Waals surface area contributed by atoms with Crippen LogP contribution in [-0.4, -0.2) is 47.9 Å². The molecule has 1 aliphatic heterocycles. The van der Waals surface area contributed by atoms with Crippen molar-refractivity contribution in [2.75, 3.05) is 20.2 Å². The van der Waals surface area contributed by atoms with Crippen molar-refractivity contribution < 1.29 is 14.3 Å². The number of methoxy groups -OCH3 is 1. The van der Waals surface area contributed by atoms with E-state index in [0.717, 1.165) is 45.6 Å². The first-order valence-electron chi connectivity index (χ1n) is 11.8. The molecule has 2 aromatic heterocycles. The molecule has 1 N–H and O–H groups in total. The minimum atomic E-state index is -0.0970. The number of likely N-dealkylation sites (tertiary alicyclic amines) is 1. The lowest BCUT2D eigenvalue weighted by Gasteiger charge is -2.32. The molecule has 0 spiro atoms. The van der Waals surface area contributed by atoms with Crippen LogP contribution in [0.2, 0.25) is 0 Å². The van der Waals surface area contributed by atoms with Gasteiger partial charge in [-0.3, -0.25) is 9.59 Å². The molecule has 0 unspecified atom stereocenters. The highest BCUT2D eigenvalue weighted by Gasteiger charge is 2.25. The van der Waals surface area contributed by atoms with Crippen molar-refractivity contribution in [3.8, 4) is 16.3 Å². The Morgan fingerprint density at radius 3 is 2.60 bits per heavy atom. The Bertz CT molecular complexity index is 1340. The highest BCUT2D eigenvalue weighted by molar-refractivity contribution is 7.13. The van der Waals surface area contributed by atoms with Crippen molar-refractivity contribution >= 4 is 34.1 Å². The minimum absolute atomic E-state index is 0.0231. The van der Waals surface area contributed by atoms with Gasteiger partial charge in [0.15, 0.2) is 0 Å². The number of aromatic nitrogens is 1. The average molecular weight is 486 g/mol. The highest BCUT2D eigenvalue weighted by Crippen LogP contribution is 2.28. The third-order valence-electron chi connectivity index (χ3n) is 6.45. The summed E-state index contributed by atoms with van der Waals surface area (Å²) in [4.78, 5) is 33.9. The number of ether oxygens (including phenoxy) is 1. The van der Waals surface area contributed by atoms with E-state index in [9.17, 15) is 9.59 Å². The summed E-state index contributed by atoms with van der Waals surface area (Å²) >= 11 is 1.61. The van der Waals surface area contributed by atoms with Crippen LogP contribution < -0.4 is 10.1 Å². The van der Waals surface area contributed by atoms with Crippen LogP contribution in [0, 0.1) is 0 Å². The van der Waals surface area contributed by atoms with Gasteiger partial charge >= 0.3 is 0 Å². The zero-order chi connectivity index (χ0) is 24.2. The Labute approximate surface area is 208 Å². The fourth-order valence-electron chi connectivity index (χ4n) is 4.57. The number of amides is 2. The van der Waals surface area contributed by atoms with Crippen LogP contribution >= 0.6 is 11.3 Å². The van der Waals surface area contributed by atoms with Gasteiger partial charge in [0.25, 0.3) is 5.91 Å². The smallest absolute Gasteiger partial charge is 0.252 e. The molecule has 1 fully saturated rings. The van der Waals surface area contributed by atoms with E-state index in [4.69, 9.17) is 9.72 Å². The van der Waals surface area contributed by atoms with E-state index < -0.39 is 0 Å². The largest absolute Gasteiger partial charge is 0.496 e. The Balaban J connectivity index is 1.25. The molecule has 0 saturated carbocycles. The van der Waals surface area contributed by atoms with Gasteiger partial charge in [0, 0.05) is 30.1 Å². The average Bonchev–Trinajstić information content (AvgIpc) is 3.44. The molecule has 1 aliphatic rings. The van der Waals surface area contributed by atoms with Gasteiger partial charge in [-0.1, -0.05) is 42.5 Å². The molecule has 5 rings (SSSR count). The third kappa shape index (κ3) is 5.05. The number of piperidine rings is 1. The number of thiophene rings is 1. The topological polar surface area (TPSA) is 71.5 Å². The lowest BCUT2D eigenvalue weighted by Crippen LogP contribution is -2.47. The summed E-state index contributed by atoms with van der Waals surface area (Å²) in [5.74, 6) is 0.717. The summed E-state index contributed by atoms with van der Waals surface area (Å²) in [5, 5.41) is 6.06.